The number of ether oxygens (including phenoxy) is 2. The molecule has 1 aromatic heterocycles. The molecule has 0 unspecified atom stereocenters. The first-order chi connectivity index (χ1) is 15.0. The van der Waals surface area contributed by atoms with Crippen molar-refractivity contribution in [2.75, 3.05) is 12.1 Å². The van der Waals surface area contributed by atoms with E-state index in [0.29, 0.717) is 17.5 Å². The summed E-state index contributed by atoms with van der Waals surface area (Å²) in [5, 5.41) is 3.04. The van der Waals surface area contributed by atoms with Crippen LogP contribution in [-0.2, 0) is 16.6 Å². The van der Waals surface area contributed by atoms with Crippen molar-refractivity contribution in [1.29, 1.82) is 0 Å². The summed E-state index contributed by atoms with van der Waals surface area (Å²) in [6.45, 7) is 4.67. The molecule has 0 atom stereocenters. The van der Waals surface area contributed by atoms with E-state index in [1.165, 1.54) is 5.56 Å². The molecule has 1 aliphatic carbocycles. The number of hydrogen-bond acceptors (Lipinski definition) is 4. The number of pyridine rings is 1. The highest BCUT2D eigenvalue weighted by atomic mass is 16.7. The van der Waals surface area contributed by atoms with Crippen molar-refractivity contribution >= 4 is 11.7 Å². The number of carbonyl (C=O) groups excluding carboxylic acids is 1. The minimum absolute atomic E-state index is 0. The fourth-order valence-electron chi connectivity index (χ4n) is 4.15. The van der Waals surface area contributed by atoms with Gasteiger partial charge in [-0.3, -0.25) is 4.79 Å². The van der Waals surface area contributed by atoms with Crippen molar-refractivity contribution in [2.45, 2.75) is 38.5 Å². The van der Waals surface area contributed by atoms with Gasteiger partial charge in [0.1, 0.15) is 5.82 Å². The van der Waals surface area contributed by atoms with Gasteiger partial charge >= 0.3 is 0 Å². The fourth-order valence-corrected chi connectivity index (χ4v) is 4.15. The molecular weight excluding hydrogens is 388 g/mol. The van der Waals surface area contributed by atoms with Crippen LogP contribution in [0.15, 0.2) is 60.7 Å². The first kappa shape index (κ1) is 19.6. The van der Waals surface area contributed by atoms with Gasteiger partial charge in [-0.05, 0) is 60.6 Å². The molecule has 2 heterocycles. The predicted octanol–water partition coefficient (Wildman–Crippen LogP) is 5.59. The average molecular weight is 417 g/mol. The Bertz CT molecular complexity index is 1120. The fraction of sp³-hybridized carbons (Fsp3) is 0.308. The van der Waals surface area contributed by atoms with Crippen LogP contribution in [0.2, 0.25) is 0 Å². The molecule has 1 aliphatic heterocycles. The maximum Gasteiger partial charge on any atom is 0.236 e. The Balaban J connectivity index is 0.00000245. The van der Waals surface area contributed by atoms with Gasteiger partial charge in [0.05, 0.1) is 11.1 Å². The Kier molecular flexibility index (Phi) is 4.89. The number of benzene rings is 2. The lowest BCUT2D eigenvalue weighted by atomic mass is 9.94. The van der Waals surface area contributed by atoms with Gasteiger partial charge in [-0.1, -0.05) is 50.2 Å². The summed E-state index contributed by atoms with van der Waals surface area (Å²) in [5.41, 5.74) is 3.66. The van der Waals surface area contributed by atoms with Crippen molar-refractivity contribution < 1.29 is 15.7 Å². The number of carbonyl (C=O) groups is 1. The second kappa shape index (κ2) is 7.73. The van der Waals surface area contributed by atoms with E-state index in [1.807, 2.05) is 36.4 Å². The number of aromatic nitrogens is 1. The van der Waals surface area contributed by atoms with E-state index in [-0.39, 0.29) is 14.1 Å². The molecule has 2 aromatic carbocycles. The molecule has 5 rings (SSSR count). The molecule has 0 bridgehead atoms. The van der Waals surface area contributed by atoms with Crippen LogP contribution in [0, 0.1) is 5.92 Å². The Morgan fingerprint density at radius 2 is 1.84 bits per heavy atom. The summed E-state index contributed by atoms with van der Waals surface area (Å²) in [7, 11) is 0. The largest absolute Gasteiger partial charge is 0.454 e. The molecule has 1 N–H and O–H groups in total. The summed E-state index contributed by atoms with van der Waals surface area (Å²) in [4.78, 5) is 17.9. The van der Waals surface area contributed by atoms with E-state index in [9.17, 15) is 4.79 Å². The topological polar surface area (TPSA) is 60.5 Å². The standard InChI is InChI=1S/C26H26N2O3.H2/c1-17(2)14-18-6-8-19(9-7-18)21-4-3-5-24(27-21)28-25(29)26(12-13-26)20-10-11-22-23(15-20)31-16-30-22;/h3-11,15,17H,12-14,16H2,1-2H3,(H,27,28,29);1H. The lowest BCUT2D eigenvalue weighted by molar-refractivity contribution is -0.118. The van der Waals surface area contributed by atoms with E-state index in [4.69, 9.17) is 9.47 Å². The monoisotopic (exact) mass is 416 g/mol. The quantitative estimate of drug-likeness (QED) is 0.569. The number of amides is 1. The molecule has 31 heavy (non-hydrogen) atoms. The number of anilines is 1. The molecule has 160 valence electrons. The van der Waals surface area contributed by atoms with Gasteiger partial charge in [0.2, 0.25) is 12.7 Å². The minimum Gasteiger partial charge on any atom is -0.454 e. The minimum atomic E-state index is -0.517. The summed E-state index contributed by atoms with van der Waals surface area (Å²) >= 11 is 0. The third-order valence-corrected chi connectivity index (χ3v) is 5.99. The van der Waals surface area contributed by atoms with Crippen LogP contribution in [0.3, 0.4) is 0 Å². The lowest BCUT2D eigenvalue weighted by Gasteiger charge is -2.16. The van der Waals surface area contributed by atoms with Crippen LogP contribution in [0.4, 0.5) is 5.82 Å². The van der Waals surface area contributed by atoms with E-state index in [2.05, 4.69) is 48.4 Å². The highest BCUT2D eigenvalue weighted by Crippen LogP contribution is 2.51. The van der Waals surface area contributed by atoms with Gasteiger partial charge in [-0.25, -0.2) is 4.98 Å². The van der Waals surface area contributed by atoms with Gasteiger partial charge < -0.3 is 14.8 Å². The van der Waals surface area contributed by atoms with Crippen LogP contribution < -0.4 is 14.8 Å². The highest BCUT2D eigenvalue weighted by molar-refractivity contribution is 6.01. The van der Waals surface area contributed by atoms with Crippen LogP contribution in [0.1, 0.15) is 39.2 Å². The molecule has 5 heteroatoms. The van der Waals surface area contributed by atoms with Crippen LogP contribution in [0.25, 0.3) is 11.3 Å². The zero-order valence-corrected chi connectivity index (χ0v) is 17.9. The molecule has 2 aliphatic rings. The van der Waals surface area contributed by atoms with Crippen LogP contribution in [0.5, 0.6) is 11.5 Å². The summed E-state index contributed by atoms with van der Waals surface area (Å²) < 4.78 is 10.9. The predicted molar refractivity (Wildman–Crippen MR) is 122 cm³/mol. The van der Waals surface area contributed by atoms with E-state index in [0.717, 1.165) is 41.8 Å². The zero-order valence-electron chi connectivity index (χ0n) is 17.9. The molecule has 5 nitrogen and oxygen atoms in total. The molecule has 1 saturated carbocycles. The van der Waals surface area contributed by atoms with Gasteiger partial charge in [-0.15, -0.1) is 0 Å². The van der Waals surface area contributed by atoms with Crippen molar-refractivity contribution in [3.05, 3.63) is 71.8 Å². The number of nitrogens with zero attached hydrogens (tertiary/aromatic N) is 1. The third kappa shape index (κ3) is 3.88. The molecule has 1 fully saturated rings. The molecular formula is C26H28N2O3. The van der Waals surface area contributed by atoms with Gasteiger partial charge in [0.25, 0.3) is 0 Å². The summed E-state index contributed by atoms with van der Waals surface area (Å²) in [5.74, 6) is 2.61. The number of hydrogen-bond donors (Lipinski definition) is 1. The zero-order chi connectivity index (χ0) is 21.4. The van der Waals surface area contributed by atoms with Crippen molar-refractivity contribution in [2.24, 2.45) is 5.92 Å². The van der Waals surface area contributed by atoms with Crippen LogP contribution in [-0.4, -0.2) is 17.7 Å². The first-order valence-electron chi connectivity index (χ1n) is 10.8. The first-order valence-corrected chi connectivity index (χ1v) is 10.8. The Morgan fingerprint density at radius 3 is 2.58 bits per heavy atom. The van der Waals surface area contributed by atoms with Gasteiger partial charge in [0, 0.05) is 6.99 Å². The van der Waals surface area contributed by atoms with E-state index in [1.54, 1.807) is 0 Å². The molecule has 3 aromatic rings. The van der Waals surface area contributed by atoms with Crippen molar-refractivity contribution in [3.63, 3.8) is 0 Å². The average Bonchev–Trinajstić information content (AvgIpc) is 3.45. The number of fused-ring (bicyclic) bond motifs is 1. The maximum atomic E-state index is 13.2. The SMILES string of the molecule is CC(C)Cc1ccc(-c2cccc(NC(=O)C3(c4ccc5c(c4)OCO5)CC3)n2)cc1.[HH]. The normalized spacial score (nSPS) is 15.7. The Hall–Kier alpha value is -3.34. The second-order valence-electron chi connectivity index (χ2n) is 8.81. The van der Waals surface area contributed by atoms with E-state index < -0.39 is 5.41 Å². The highest BCUT2D eigenvalue weighted by Gasteiger charge is 2.51. The lowest BCUT2D eigenvalue weighted by Crippen LogP contribution is -2.28. The number of nitrogens with one attached hydrogen (secondary N) is 1. The van der Waals surface area contributed by atoms with Crippen LogP contribution >= 0.6 is 0 Å². The van der Waals surface area contributed by atoms with Gasteiger partial charge in [-0.2, -0.15) is 0 Å². The van der Waals surface area contributed by atoms with Crippen molar-refractivity contribution in [3.8, 4) is 22.8 Å². The Labute approximate surface area is 183 Å². The smallest absolute Gasteiger partial charge is 0.236 e. The van der Waals surface area contributed by atoms with E-state index >= 15 is 0 Å². The number of rotatable bonds is 6. The Morgan fingerprint density at radius 1 is 1.06 bits per heavy atom. The third-order valence-electron chi connectivity index (χ3n) is 5.99. The molecule has 0 spiro atoms. The maximum absolute atomic E-state index is 13.2. The van der Waals surface area contributed by atoms with Crippen molar-refractivity contribution in [1.82, 2.24) is 4.98 Å². The second-order valence-corrected chi connectivity index (χ2v) is 8.81. The molecule has 0 saturated heterocycles. The summed E-state index contributed by atoms with van der Waals surface area (Å²) in [6, 6.07) is 20.0. The molecule has 1 amide bonds. The molecule has 0 radical (unpaired) electrons. The summed E-state index contributed by atoms with van der Waals surface area (Å²) in [6.07, 6.45) is 2.69. The van der Waals surface area contributed by atoms with Gasteiger partial charge in [0.15, 0.2) is 11.5 Å².